The molecule has 0 radical (unpaired) electrons. The zero-order valence-electron chi connectivity index (χ0n) is 11.4. The Morgan fingerprint density at radius 2 is 1.95 bits per heavy atom. The van der Waals surface area contributed by atoms with Gasteiger partial charge < -0.3 is 0 Å². The summed E-state index contributed by atoms with van der Waals surface area (Å²) in [7, 11) is 0. The van der Waals surface area contributed by atoms with Crippen LogP contribution in [0.1, 0.15) is 18.4 Å². The Morgan fingerprint density at radius 1 is 1.33 bits per heavy atom. The minimum absolute atomic E-state index is 0. The Hall–Kier alpha value is -1.99. The van der Waals surface area contributed by atoms with Gasteiger partial charge in [-0.2, -0.15) is 5.10 Å². The van der Waals surface area contributed by atoms with Gasteiger partial charge in [0, 0.05) is 12.1 Å². The molecule has 1 aliphatic rings. The van der Waals surface area contributed by atoms with Crippen LogP contribution in [0.4, 0.5) is 5.69 Å². The van der Waals surface area contributed by atoms with Crippen molar-refractivity contribution < 1.29 is 9.72 Å². The second-order valence-corrected chi connectivity index (χ2v) is 4.63. The number of nitro benzene ring substituents is 1. The van der Waals surface area contributed by atoms with Crippen molar-refractivity contribution in [2.45, 2.75) is 12.8 Å². The summed E-state index contributed by atoms with van der Waals surface area (Å²) in [6.07, 6.45) is 3.74. The van der Waals surface area contributed by atoms with Crippen LogP contribution in [-0.2, 0) is 4.79 Å². The lowest BCUT2D eigenvalue weighted by atomic mass is 10.2. The third-order valence-electron chi connectivity index (χ3n) is 3.07. The molecule has 1 aromatic carbocycles. The van der Waals surface area contributed by atoms with Crippen molar-refractivity contribution in [3.8, 4) is 0 Å². The normalized spacial score (nSPS) is 14.9. The molecule has 0 atom stereocenters. The number of hydrazone groups is 1. The summed E-state index contributed by atoms with van der Waals surface area (Å²) < 4.78 is 0. The molecule has 1 aromatic rings. The molecule has 1 N–H and O–H groups in total. The van der Waals surface area contributed by atoms with Crippen molar-refractivity contribution in [2.75, 3.05) is 19.6 Å². The third kappa shape index (κ3) is 5.49. The fraction of sp³-hybridized carbons (Fsp3) is 0.385. The standard InChI is InChI=1S/C13H16N4O3.ClH/c18-13(10-16-7-1-2-8-16)15-14-9-11-3-5-12(6-4-11)17(19)20;/h3-6,9H,1-2,7-8,10H2,(H,15,18);1H/b14-9+;. The third-order valence-corrected chi connectivity index (χ3v) is 3.07. The fourth-order valence-electron chi connectivity index (χ4n) is 2.04. The number of hydrogen-bond donors (Lipinski definition) is 1. The van der Waals surface area contributed by atoms with Gasteiger partial charge in [0.25, 0.3) is 11.6 Å². The molecule has 1 fully saturated rings. The second-order valence-electron chi connectivity index (χ2n) is 4.63. The van der Waals surface area contributed by atoms with E-state index in [0.717, 1.165) is 25.9 Å². The maximum absolute atomic E-state index is 11.6. The second kappa shape index (κ2) is 8.33. The summed E-state index contributed by atoms with van der Waals surface area (Å²) >= 11 is 0. The molecule has 1 saturated heterocycles. The Morgan fingerprint density at radius 3 is 2.52 bits per heavy atom. The number of hydrogen-bond acceptors (Lipinski definition) is 5. The quantitative estimate of drug-likeness (QED) is 0.508. The monoisotopic (exact) mass is 312 g/mol. The average molecular weight is 313 g/mol. The van der Waals surface area contributed by atoms with Crippen LogP contribution in [-0.4, -0.2) is 41.6 Å². The van der Waals surface area contributed by atoms with Gasteiger partial charge in [0.1, 0.15) is 0 Å². The number of non-ortho nitro benzene ring substituents is 1. The maximum Gasteiger partial charge on any atom is 0.269 e. The summed E-state index contributed by atoms with van der Waals surface area (Å²) in [5, 5.41) is 14.3. The van der Waals surface area contributed by atoms with Gasteiger partial charge in [0.2, 0.25) is 0 Å². The smallest absolute Gasteiger partial charge is 0.269 e. The summed E-state index contributed by atoms with van der Waals surface area (Å²) in [5.41, 5.74) is 3.17. The molecule has 2 rings (SSSR count). The number of nitro groups is 1. The van der Waals surface area contributed by atoms with Crippen LogP contribution in [0.15, 0.2) is 29.4 Å². The van der Waals surface area contributed by atoms with Crippen LogP contribution in [0.5, 0.6) is 0 Å². The summed E-state index contributed by atoms with van der Waals surface area (Å²) in [5.74, 6) is -0.148. The number of halogens is 1. The zero-order valence-corrected chi connectivity index (χ0v) is 12.2. The van der Waals surface area contributed by atoms with E-state index in [1.807, 2.05) is 0 Å². The molecule has 7 nitrogen and oxygen atoms in total. The van der Waals surface area contributed by atoms with E-state index < -0.39 is 4.92 Å². The van der Waals surface area contributed by atoms with Crippen LogP contribution in [0.2, 0.25) is 0 Å². The number of carbonyl (C=O) groups is 1. The van der Waals surface area contributed by atoms with Crippen LogP contribution < -0.4 is 5.43 Å². The zero-order chi connectivity index (χ0) is 14.4. The van der Waals surface area contributed by atoms with E-state index >= 15 is 0 Å². The van der Waals surface area contributed by atoms with E-state index in [-0.39, 0.29) is 24.0 Å². The maximum atomic E-state index is 11.6. The van der Waals surface area contributed by atoms with Crippen molar-refractivity contribution in [3.05, 3.63) is 39.9 Å². The van der Waals surface area contributed by atoms with Gasteiger partial charge in [-0.15, -0.1) is 12.4 Å². The molecular formula is C13H17ClN4O3. The number of carbonyl (C=O) groups excluding carboxylic acids is 1. The van der Waals surface area contributed by atoms with Crippen molar-refractivity contribution >= 4 is 30.2 Å². The van der Waals surface area contributed by atoms with E-state index in [1.54, 1.807) is 12.1 Å². The van der Waals surface area contributed by atoms with Crippen molar-refractivity contribution in [2.24, 2.45) is 5.10 Å². The van der Waals surface area contributed by atoms with Crippen molar-refractivity contribution in [3.63, 3.8) is 0 Å². The van der Waals surface area contributed by atoms with Gasteiger partial charge in [-0.25, -0.2) is 5.43 Å². The lowest BCUT2D eigenvalue weighted by molar-refractivity contribution is -0.384. The first-order chi connectivity index (χ1) is 9.65. The van der Waals surface area contributed by atoms with Crippen LogP contribution in [0, 0.1) is 10.1 Å². The van der Waals surface area contributed by atoms with Gasteiger partial charge in [-0.05, 0) is 43.6 Å². The minimum Gasteiger partial charge on any atom is -0.294 e. The topological polar surface area (TPSA) is 87.8 Å². The van der Waals surface area contributed by atoms with Crippen molar-refractivity contribution in [1.29, 1.82) is 0 Å². The molecule has 1 amide bonds. The van der Waals surface area contributed by atoms with Gasteiger partial charge >= 0.3 is 0 Å². The van der Waals surface area contributed by atoms with E-state index in [1.165, 1.54) is 18.3 Å². The van der Waals surface area contributed by atoms with Crippen molar-refractivity contribution in [1.82, 2.24) is 10.3 Å². The Labute approximate surface area is 128 Å². The summed E-state index contributed by atoms with van der Waals surface area (Å²) in [6.45, 7) is 2.27. The summed E-state index contributed by atoms with van der Waals surface area (Å²) in [4.78, 5) is 23.7. The molecule has 0 unspecified atom stereocenters. The molecule has 8 heteroatoms. The van der Waals surface area contributed by atoms with Gasteiger partial charge in [-0.3, -0.25) is 19.8 Å². The number of rotatable bonds is 5. The Kier molecular flexibility index (Phi) is 6.77. The van der Waals surface area contributed by atoms with E-state index in [4.69, 9.17) is 0 Å². The average Bonchev–Trinajstić information content (AvgIpc) is 2.92. The lowest BCUT2D eigenvalue weighted by Crippen LogP contribution is -2.33. The predicted molar refractivity (Wildman–Crippen MR) is 81.8 cm³/mol. The molecule has 0 aliphatic carbocycles. The molecule has 21 heavy (non-hydrogen) atoms. The highest BCUT2D eigenvalue weighted by Crippen LogP contribution is 2.10. The van der Waals surface area contributed by atoms with E-state index in [0.29, 0.717) is 12.1 Å². The highest BCUT2D eigenvalue weighted by Gasteiger charge is 2.14. The molecule has 114 valence electrons. The first-order valence-electron chi connectivity index (χ1n) is 6.44. The van der Waals surface area contributed by atoms with Gasteiger partial charge in [0.15, 0.2) is 0 Å². The summed E-state index contributed by atoms with van der Waals surface area (Å²) in [6, 6.07) is 5.95. The van der Waals surface area contributed by atoms with Gasteiger partial charge in [-0.1, -0.05) is 0 Å². The van der Waals surface area contributed by atoms with E-state index in [2.05, 4.69) is 15.4 Å². The Balaban J connectivity index is 0.00000220. The van der Waals surface area contributed by atoms with E-state index in [9.17, 15) is 14.9 Å². The molecular weight excluding hydrogens is 296 g/mol. The number of nitrogens with one attached hydrogen (secondary N) is 1. The molecule has 0 saturated carbocycles. The largest absolute Gasteiger partial charge is 0.294 e. The molecule has 1 heterocycles. The Bertz CT molecular complexity index is 513. The lowest BCUT2D eigenvalue weighted by Gasteiger charge is -2.12. The number of amides is 1. The van der Waals surface area contributed by atoms with Crippen LogP contribution in [0.25, 0.3) is 0 Å². The van der Waals surface area contributed by atoms with Crippen LogP contribution in [0.3, 0.4) is 0 Å². The molecule has 1 aliphatic heterocycles. The molecule has 0 spiro atoms. The van der Waals surface area contributed by atoms with Crippen LogP contribution >= 0.6 is 12.4 Å². The number of nitrogens with zero attached hydrogens (tertiary/aromatic N) is 3. The molecule has 0 bridgehead atoms. The highest BCUT2D eigenvalue weighted by molar-refractivity contribution is 5.85. The molecule has 0 aromatic heterocycles. The first kappa shape index (κ1) is 17.1. The first-order valence-corrected chi connectivity index (χ1v) is 6.44. The highest BCUT2D eigenvalue weighted by atomic mass is 35.5. The number of likely N-dealkylation sites (tertiary alicyclic amines) is 1. The fourth-order valence-corrected chi connectivity index (χ4v) is 2.04. The van der Waals surface area contributed by atoms with Gasteiger partial charge in [0.05, 0.1) is 17.7 Å². The minimum atomic E-state index is -0.460. The predicted octanol–water partition coefficient (Wildman–Crippen LogP) is 1.56. The number of benzene rings is 1. The SMILES string of the molecule is Cl.O=C(CN1CCCC1)N/N=C/c1ccc([N+](=O)[O-])cc1.